The zero-order chi connectivity index (χ0) is 18.8. The molecular formula is C17H24N6O3. The van der Waals surface area contributed by atoms with Gasteiger partial charge in [-0.1, -0.05) is 10.3 Å². The number of carbonyl (C=O) groups is 2. The Balaban J connectivity index is 1.44. The number of hydrogen-bond acceptors (Lipinski definition) is 6. The number of nitrogens with one attached hydrogen (secondary N) is 1. The van der Waals surface area contributed by atoms with Gasteiger partial charge >= 0.3 is 0 Å². The van der Waals surface area contributed by atoms with E-state index in [-0.39, 0.29) is 30.3 Å². The first-order valence-corrected chi connectivity index (χ1v) is 8.71. The fourth-order valence-electron chi connectivity index (χ4n) is 3.13. The molecule has 0 aromatic carbocycles. The van der Waals surface area contributed by atoms with Gasteiger partial charge in [0.05, 0.1) is 24.2 Å². The van der Waals surface area contributed by atoms with Crippen LogP contribution in [-0.4, -0.2) is 49.9 Å². The van der Waals surface area contributed by atoms with Gasteiger partial charge in [-0.2, -0.15) is 5.10 Å². The molecule has 26 heavy (non-hydrogen) atoms. The predicted molar refractivity (Wildman–Crippen MR) is 92.0 cm³/mol. The Morgan fingerprint density at radius 2 is 2.04 bits per heavy atom. The summed E-state index contributed by atoms with van der Waals surface area (Å²) < 4.78 is 6.48. The first-order chi connectivity index (χ1) is 12.3. The zero-order valence-corrected chi connectivity index (χ0v) is 15.5. The van der Waals surface area contributed by atoms with Crippen molar-refractivity contribution < 1.29 is 14.2 Å². The highest BCUT2D eigenvalue weighted by Gasteiger charge is 2.36. The zero-order valence-electron chi connectivity index (χ0n) is 15.5. The van der Waals surface area contributed by atoms with E-state index in [1.54, 1.807) is 11.8 Å². The predicted octanol–water partition coefficient (Wildman–Crippen LogP) is 0.917. The standard InChI is InChI=1S/C17H24N6O3/c1-10-5-11(2)23(19-10)12(3)6-16(24)22-8-14(9-22)17(25)18-7-15-13(4)20-26-21-15/h5,12,14H,6-9H2,1-4H3,(H,18,25). The number of amides is 2. The first kappa shape index (κ1) is 18.1. The minimum absolute atomic E-state index is 0.00767. The summed E-state index contributed by atoms with van der Waals surface area (Å²) in [4.78, 5) is 26.3. The van der Waals surface area contributed by atoms with E-state index in [9.17, 15) is 9.59 Å². The molecule has 1 N–H and O–H groups in total. The summed E-state index contributed by atoms with van der Waals surface area (Å²) in [5.74, 6) is -0.211. The van der Waals surface area contributed by atoms with E-state index in [1.165, 1.54) is 0 Å². The third-order valence-corrected chi connectivity index (χ3v) is 4.71. The molecule has 1 aliphatic heterocycles. The minimum Gasteiger partial charge on any atom is -0.350 e. The molecule has 3 heterocycles. The fraction of sp³-hybridized carbons (Fsp3) is 0.588. The SMILES string of the molecule is Cc1cc(C)n(C(C)CC(=O)N2CC(C(=O)NCc3nonc3C)C2)n1. The smallest absolute Gasteiger partial charge is 0.227 e. The molecule has 0 aliphatic carbocycles. The number of hydrogen-bond donors (Lipinski definition) is 1. The molecule has 1 aliphatic rings. The Morgan fingerprint density at radius 3 is 2.62 bits per heavy atom. The van der Waals surface area contributed by atoms with Gasteiger partial charge in [0, 0.05) is 25.2 Å². The highest BCUT2D eigenvalue weighted by Crippen LogP contribution is 2.21. The number of aryl methyl sites for hydroxylation is 3. The van der Waals surface area contributed by atoms with Crippen molar-refractivity contribution in [2.24, 2.45) is 5.92 Å². The molecule has 1 fully saturated rings. The summed E-state index contributed by atoms with van der Waals surface area (Å²) in [5.41, 5.74) is 3.26. The Hall–Kier alpha value is -2.71. The van der Waals surface area contributed by atoms with E-state index < -0.39 is 0 Å². The molecule has 3 rings (SSSR count). The van der Waals surface area contributed by atoms with E-state index >= 15 is 0 Å². The van der Waals surface area contributed by atoms with Crippen molar-refractivity contribution in [3.8, 4) is 0 Å². The van der Waals surface area contributed by atoms with Crippen LogP contribution in [0.4, 0.5) is 0 Å². The summed E-state index contributed by atoms with van der Waals surface area (Å²) in [7, 11) is 0. The molecule has 1 unspecified atom stereocenters. The Kier molecular flexibility index (Phi) is 5.06. The molecule has 1 saturated heterocycles. The van der Waals surface area contributed by atoms with Crippen molar-refractivity contribution in [3.63, 3.8) is 0 Å². The quantitative estimate of drug-likeness (QED) is 0.821. The maximum Gasteiger partial charge on any atom is 0.227 e. The average molecular weight is 360 g/mol. The van der Waals surface area contributed by atoms with Crippen LogP contribution in [0, 0.1) is 26.7 Å². The molecular weight excluding hydrogens is 336 g/mol. The second-order valence-corrected chi connectivity index (χ2v) is 6.93. The number of aromatic nitrogens is 4. The molecule has 1 atom stereocenters. The molecule has 9 heteroatoms. The van der Waals surface area contributed by atoms with Crippen LogP contribution < -0.4 is 5.32 Å². The third kappa shape index (κ3) is 3.76. The molecule has 0 spiro atoms. The van der Waals surface area contributed by atoms with Gasteiger partial charge in [-0.25, -0.2) is 4.63 Å². The summed E-state index contributed by atoms with van der Waals surface area (Å²) in [6.07, 6.45) is 0.375. The van der Waals surface area contributed by atoms with Crippen LogP contribution in [0.2, 0.25) is 0 Å². The highest BCUT2D eigenvalue weighted by molar-refractivity contribution is 5.84. The van der Waals surface area contributed by atoms with Crippen molar-refractivity contribution in [2.75, 3.05) is 13.1 Å². The van der Waals surface area contributed by atoms with Crippen LogP contribution in [0.5, 0.6) is 0 Å². The van der Waals surface area contributed by atoms with E-state index in [1.807, 2.05) is 31.5 Å². The van der Waals surface area contributed by atoms with Gasteiger partial charge in [0.15, 0.2) is 0 Å². The Bertz CT molecular complexity index is 805. The van der Waals surface area contributed by atoms with E-state index in [4.69, 9.17) is 0 Å². The Labute approximate surface area is 151 Å². The van der Waals surface area contributed by atoms with Gasteiger partial charge in [0.25, 0.3) is 0 Å². The molecule has 9 nitrogen and oxygen atoms in total. The van der Waals surface area contributed by atoms with Gasteiger partial charge in [0.1, 0.15) is 11.4 Å². The van der Waals surface area contributed by atoms with Crippen LogP contribution in [0.25, 0.3) is 0 Å². The maximum atomic E-state index is 12.4. The lowest BCUT2D eigenvalue weighted by Crippen LogP contribution is -2.55. The number of nitrogens with zero attached hydrogens (tertiary/aromatic N) is 5. The molecule has 0 bridgehead atoms. The third-order valence-electron chi connectivity index (χ3n) is 4.71. The summed E-state index contributed by atoms with van der Waals surface area (Å²) in [5, 5.41) is 14.6. The van der Waals surface area contributed by atoms with Crippen LogP contribution >= 0.6 is 0 Å². The van der Waals surface area contributed by atoms with Crippen molar-refractivity contribution in [1.82, 2.24) is 30.3 Å². The van der Waals surface area contributed by atoms with E-state index in [0.717, 1.165) is 11.4 Å². The topological polar surface area (TPSA) is 106 Å². The molecule has 2 aromatic rings. The van der Waals surface area contributed by atoms with Gasteiger partial charge in [-0.3, -0.25) is 14.3 Å². The van der Waals surface area contributed by atoms with Crippen molar-refractivity contribution in [3.05, 3.63) is 28.8 Å². The lowest BCUT2D eigenvalue weighted by atomic mass is 9.98. The van der Waals surface area contributed by atoms with Crippen LogP contribution in [-0.2, 0) is 16.1 Å². The monoisotopic (exact) mass is 360 g/mol. The summed E-state index contributed by atoms with van der Waals surface area (Å²) in [6.45, 7) is 8.86. The summed E-state index contributed by atoms with van der Waals surface area (Å²) in [6, 6.07) is 1.99. The maximum absolute atomic E-state index is 12.4. The summed E-state index contributed by atoms with van der Waals surface area (Å²) >= 11 is 0. The number of carbonyl (C=O) groups excluding carboxylic acids is 2. The Morgan fingerprint density at radius 1 is 1.31 bits per heavy atom. The highest BCUT2D eigenvalue weighted by atomic mass is 16.6. The molecule has 2 aromatic heterocycles. The average Bonchev–Trinajstić information content (AvgIpc) is 3.08. The van der Waals surface area contributed by atoms with Crippen molar-refractivity contribution >= 4 is 11.8 Å². The van der Waals surface area contributed by atoms with E-state index in [2.05, 4.69) is 25.4 Å². The minimum atomic E-state index is -0.178. The first-order valence-electron chi connectivity index (χ1n) is 8.71. The van der Waals surface area contributed by atoms with Crippen molar-refractivity contribution in [1.29, 1.82) is 0 Å². The lowest BCUT2D eigenvalue weighted by Gasteiger charge is -2.38. The fourth-order valence-corrected chi connectivity index (χ4v) is 3.13. The molecule has 140 valence electrons. The second-order valence-electron chi connectivity index (χ2n) is 6.93. The van der Waals surface area contributed by atoms with Crippen LogP contribution in [0.3, 0.4) is 0 Å². The molecule has 0 radical (unpaired) electrons. The largest absolute Gasteiger partial charge is 0.350 e. The lowest BCUT2D eigenvalue weighted by molar-refractivity contribution is -0.143. The van der Waals surface area contributed by atoms with Gasteiger partial charge < -0.3 is 10.2 Å². The number of rotatable bonds is 6. The van der Waals surface area contributed by atoms with Crippen LogP contribution in [0.1, 0.15) is 42.2 Å². The van der Waals surface area contributed by atoms with E-state index in [0.29, 0.717) is 30.9 Å². The second kappa shape index (κ2) is 7.27. The molecule has 2 amide bonds. The van der Waals surface area contributed by atoms with Gasteiger partial charge in [-0.05, 0) is 33.8 Å². The van der Waals surface area contributed by atoms with Gasteiger partial charge in [-0.15, -0.1) is 0 Å². The number of likely N-dealkylation sites (tertiary alicyclic amines) is 1. The van der Waals surface area contributed by atoms with Gasteiger partial charge in [0.2, 0.25) is 11.8 Å². The van der Waals surface area contributed by atoms with Crippen molar-refractivity contribution in [2.45, 2.75) is 46.7 Å². The van der Waals surface area contributed by atoms with Crippen LogP contribution in [0.15, 0.2) is 10.7 Å². The molecule has 0 saturated carbocycles. The normalized spacial score (nSPS) is 15.6.